The van der Waals surface area contributed by atoms with Gasteiger partial charge in [0.25, 0.3) is 0 Å². The Balaban J connectivity index is 2.91. The highest BCUT2D eigenvalue weighted by Crippen LogP contribution is 2.48. The predicted molar refractivity (Wildman–Crippen MR) is 99.3 cm³/mol. The van der Waals surface area contributed by atoms with E-state index in [1.165, 1.54) is 0 Å². The van der Waals surface area contributed by atoms with Crippen LogP contribution in [0.3, 0.4) is 0 Å². The molecule has 0 unspecified atom stereocenters. The van der Waals surface area contributed by atoms with Crippen LogP contribution in [0.5, 0.6) is 0 Å². The lowest BCUT2D eigenvalue weighted by Crippen LogP contribution is -2.24. The van der Waals surface area contributed by atoms with E-state index in [0.29, 0.717) is 19.6 Å². The molecule has 5 heteroatoms. The molecule has 1 rings (SSSR count). The molecule has 0 saturated carbocycles. The molecule has 0 fully saturated rings. The first-order chi connectivity index (χ1) is 11.1. The van der Waals surface area contributed by atoms with E-state index in [1.54, 1.807) is 13.8 Å². The first-order valence-electron chi connectivity index (χ1n) is 8.62. The average molecular weight is 354 g/mol. The van der Waals surface area contributed by atoms with Gasteiger partial charge in [-0.15, -0.1) is 0 Å². The van der Waals surface area contributed by atoms with Crippen molar-refractivity contribution >= 4 is 13.4 Å². The molecule has 0 aliphatic heterocycles. The normalized spacial score (nSPS) is 19.4. The molecule has 0 heterocycles. The van der Waals surface area contributed by atoms with Crippen LogP contribution in [0.1, 0.15) is 54.4 Å². The SMILES string of the molecule is CCOP(=O)(C/C=C(C)/C=C/C1=C(C)C(=O)CCC1(C)C)OCC. The van der Waals surface area contributed by atoms with Gasteiger partial charge in [-0.1, -0.05) is 37.6 Å². The molecule has 0 amide bonds. The molecule has 0 spiro atoms. The Morgan fingerprint density at radius 1 is 1.25 bits per heavy atom. The van der Waals surface area contributed by atoms with Crippen molar-refractivity contribution in [3.63, 3.8) is 0 Å². The fourth-order valence-electron chi connectivity index (χ4n) is 2.83. The molecule has 4 nitrogen and oxygen atoms in total. The number of carbonyl (C=O) groups excluding carboxylic acids is 1. The largest absolute Gasteiger partial charge is 0.334 e. The Kier molecular flexibility index (Phi) is 7.85. The highest BCUT2D eigenvalue weighted by atomic mass is 31.2. The fraction of sp³-hybridized carbons (Fsp3) is 0.632. The summed E-state index contributed by atoms with van der Waals surface area (Å²) in [5.41, 5.74) is 2.92. The maximum atomic E-state index is 12.5. The van der Waals surface area contributed by atoms with Gasteiger partial charge < -0.3 is 9.05 Å². The van der Waals surface area contributed by atoms with Crippen LogP contribution in [0.2, 0.25) is 0 Å². The standard InChI is InChI=1S/C19H31O4P/c1-7-22-24(21,23-8-2)14-12-15(3)9-10-17-16(4)18(20)11-13-19(17,5)6/h9-10,12H,7-8,11,13-14H2,1-6H3/b10-9+,15-12+. The second kappa shape index (κ2) is 8.94. The molecule has 0 N–H and O–H groups in total. The summed E-state index contributed by atoms with van der Waals surface area (Å²) >= 11 is 0. The van der Waals surface area contributed by atoms with E-state index in [9.17, 15) is 9.36 Å². The number of Topliss-reactive ketones (excluding diaryl/α,β-unsaturated/α-hetero) is 1. The zero-order chi connectivity index (χ0) is 18.4. The van der Waals surface area contributed by atoms with Gasteiger partial charge in [-0.25, -0.2) is 0 Å². The van der Waals surface area contributed by atoms with Crippen molar-refractivity contribution in [3.8, 4) is 0 Å². The lowest BCUT2D eigenvalue weighted by Gasteiger charge is -2.32. The number of hydrogen-bond acceptors (Lipinski definition) is 4. The Hall–Kier alpha value is -0.960. The number of ketones is 1. The van der Waals surface area contributed by atoms with E-state index >= 15 is 0 Å². The van der Waals surface area contributed by atoms with Gasteiger partial charge in [-0.3, -0.25) is 9.36 Å². The summed E-state index contributed by atoms with van der Waals surface area (Å²) in [5, 5.41) is 0. The van der Waals surface area contributed by atoms with Crippen LogP contribution in [-0.4, -0.2) is 25.2 Å². The number of allylic oxidation sites excluding steroid dienone is 6. The quantitative estimate of drug-likeness (QED) is 0.429. The van der Waals surface area contributed by atoms with Crippen molar-refractivity contribution in [2.45, 2.75) is 54.4 Å². The molecule has 0 aromatic rings. The average Bonchev–Trinajstić information content (AvgIpc) is 2.50. The smallest absolute Gasteiger partial charge is 0.309 e. The van der Waals surface area contributed by atoms with Crippen LogP contribution >= 0.6 is 7.60 Å². The lowest BCUT2D eigenvalue weighted by molar-refractivity contribution is -0.116. The lowest BCUT2D eigenvalue weighted by atomic mass is 9.72. The molecule has 136 valence electrons. The van der Waals surface area contributed by atoms with Crippen LogP contribution in [0.4, 0.5) is 0 Å². The van der Waals surface area contributed by atoms with Crippen LogP contribution in [-0.2, 0) is 18.4 Å². The molecule has 0 bridgehead atoms. The van der Waals surface area contributed by atoms with Crippen LogP contribution in [0.25, 0.3) is 0 Å². The summed E-state index contributed by atoms with van der Waals surface area (Å²) in [5.74, 6) is 0.229. The molecule has 0 atom stereocenters. The van der Waals surface area contributed by atoms with Gasteiger partial charge in [0.05, 0.1) is 19.4 Å². The first kappa shape index (κ1) is 21.1. The zero-order valence-corrected chi connectivity index (χ0v) is 16.7. The van der Waals surface area contributed by atoms with Gasteiger partial charge in [0, 0.05) is 6.42 Å². The molecule has 24 heavy (non-hydrogen) atoms. The summed E-state index contributed by atoms with van der Waals surface area (Å²) in [7, 11) is -3.05. The highest BCUT2D eigenvalue weighted by Gasteiger charge is 2.30. The van der Waals surface area contributed by atoms with Crippen molar-refractivity contribution < 1.29 is 18.4 Å². The third-order valence-electron chi connectivity index (χ3n) is 4.33. The van der Waals surface area contributed by atoms with Crippen LogP contribution in [0.15, 0.2) is 34.9 Å². The molecule has 1 aliphatic carbocycles. The summed E-state index contributed by atoms with van der Waals surface area (Å²) < 4.78 is 23.0. The maximum Gasteiger partial charge on any atom is 0.334 e. The van der Waals surface area contributed by atoms with Crippen molar-refractivity contribution in [2.24, 2.45) is 5.41 Å². The number of rotatable bonds is 8. The minimum atomic E-state index is -3.05. The van der Waals surface area contributed by atoms with Crippen molar-refractivity contribution in [1.82, 2.24) is 0 Å². The predicted octanol–water partition coefficient (Wildman–Crippen LogP) is 5.46. The molecular weight excluding hydrogens is 323 g/mol. The molecule has 0 aromatic carbocycles. The minimum absolute atomic E-state index is 0.000703. The van der Waals surface area contributed by atoms with Crippen molar-refractivity contribution in [3.05, 3.63) is 34.9 Å². The number of hydrogen-bond donors (Lipinski definition) is 0. The zero-order valence-electron chi connectivity index (χ0n) is 15.8. The van der Waals surface area contributed by atoms with E-state index in [0.717, 1.165) is 23.1 Å². The van der Waals surface area contributed by atoms with Crippen LogP contribution in [0, 0.1) is 5.41 Å². The summed E-state index contributed by atoms with van der Waals surface area (Å²) in [4.78, 5) is 12.0. The highest BCUT2D eigenvalue weighted by molar-refractivity contribution is 7.54. The number of carbonyl (C=O) groups is 1. The molecule has 0 aromatic heterocycles. The second-order valence-electron chi connectivity index (χ2n) is 6.76. The third-order valence-corrected chi connectivity index (χ3v) is 6.26. The Morgan fingerprint density at radius 3 is 2.38 bits per heavy atom. The second-order valence-corrected chi connectivity index (χ2v) is 8.86. The van der Waals surface area contributed by atoms with Crippen LogP contribution < -0.4 is 0 Å². The summed E-state index contributed by atoms with van der Waals surface area (Å²) in [6.07, 6.45) is 7.61. The van der Waals surface area contributed by atoms with Crippen molar-refractivity contribution in [1.29, 1.82) is 0 Å². The van der Waals surface area contributed by atoms with E-state index < -0.39 is 7.60 Å². The van der Waals surface area contributed by atoms with E-state index in [2.05, 4.69) is 13.8 Å². The van der Waals surface area contributed by atoms with E-state index in [4.69, 9.17) is 9.05 Å². The molecular formula is C19H31O4P. The van der Waals surface area contributed by atoms with Gasteiger partial charge in [-0.05, 0) is 50.7 Å². The monoisotopic (exact) mass is 354 g/mol. The molecule has 0 radical (unpaired) electrons. The maximum absolute atomic E-state index is 12.5. The van der Waals surface area contributed by atoms with Gasteiger partial charge in [0.1, 0.15) is 0 Å². The Morgan fingerprint density at radius 2 is 1.83 bits per heavy atom. The summed E-state index contributed by atoms with van der Waals surface area (Å²) in [6.45, 7) is 12.5. The summed E-state index contributed by atoms with van der Waals surface area (Å²) in [6, 6.07) is 0. The molecule has 1 aliphatic rings. The van der Waals surface area contributed by atoms with E-state index in [-0.39, 0.29) is 17.4 Å². The van der Waals surface area contributed by atoms with Gasteiger partial charge in [0.15, 0.2) is 5.78 Å². The minimum Gasteiger partial charge on any atom is -0.309 e. The van der Waals surface area contributed by atoms with Crippen molar-refractivity contribution in [2.75, 3.05) is 19.4 Å². The van der Waals surface area contributed by atoms with E-state index in [1.807, 2.05) is 32.1 Å². The topological polar surface area (TPSA) is 52.6 Å². The fourth-order valence-corrected chi connectivity index (χ4v) is 4.41. The van der Waals surface area contributed by atoms with Gasteiger partial charge >= 0.3 is 7.60 Å². The first-order valence-corrected chi connectivity index (χ1v) is 10.4. The Labute approximate surface area is 146 Å². The third kappa shape index (κ3) is 5.84. The van der Waals surface area contributed by atoms with Gasteiger partial charge in [-0.2, -0.15) is 0 Å². The Bertz CT molecular complexity index is 586. The van der Waals surface area contributed by atoms with Gasteiger partial charge in [0.2, 0.25) is 0 Å². The molecule has 0 saturated heterocycles.